The Bertz CT molecular complexity index is 1270. The molecule has 4 aromatic rings. The standard InChI is InChI=1S/C25H23N3O2S/c1-15-9-11-19(12-10-15)25-27-17(3)22(31-25)16(2)26-23(29)20-13-14-21(28-24(20)30)18-7-5-4-6-8-18/h4-14,16H,1-3H3,(H,26,29)(H,28,30). The van der Waals surface area contributed by atoms with E-state index in [-0.39, 0.29) is 11.6 Å². The molecule has 0 saturated heterocycles. The number of hydrogen-bond acceptors (Lipinski definition) is 4. The van der Waals surface area contributed by atoms with Crippen LogP contribution in [-0.2, 0) is 0 Å². The lowest BCUT2D eigenvalue weighted by atomic mass is 10.1. The molecule has 31 heavy (non-hydrogen) atoms. The van der Waals surface area contributed by atoms with Crippen molar-refractivity contribution in [1.29, 1.82) is 0 Å². The molecule has 1 atom stereocenters. The minimum absolute atomic E-state index is 0.0902. The van der Waals surface area contributed by atoms with E-state index in [4.69, 9.17) is 0 Å². The van der Waals surface area contributed by atoms with E-state index in [2.05, 4.69) is 39.6 Å². The van der Waals surface area contributed by atoms with Gasteiger partial charge in [0, 0.05) is 11.3 Å². The van der Waals surface area contributed by atoms with Crippen LogP contribution in [0.5, 0.6) is 0 Å². The summed E-state index contributed by atoms with van der Waals surface area (Å²) in [6.45, 7) is 5.89. The second kappa shape index (κ2) is 8.70. The molecule has 2 aromatic carbocycles. The summed E-state index contributed by atoms with van der Waals surface area (Å²) in [7, 11) is 0. The second-order valence-electron chi connectivity index (χ2n) is 7.51. The Morgan fingerprint density at radius 2 is 1.68 bits per heavy atom. The molecule has 4 rings (SSSR count). The molecule has 0 aliphatic heterocycles. The first-order valence-electron chi connectivity index (χ1n) is 10.1. The van der Waals surface area contributed by atoms with Crippen LogP contribution in [0.2, 0.25) is 0 Å². The van der Waals surface area contributed by atoms with Crippen LogP contribution in [-0.4, -0.2) is 15.9 Å². The van der Waals surface area contributed by atoms with Gasteiger partial charge in [0.15, 0.2) is 0 Å². The Morgan fingerprint density at radius 3 is 2.35 bits per heavy atom. The quantitative estimate of drug-likeness (QED) is 0.454. The Balaban J connectivity index is 1.52. The van der Waals surface area contributed by atoms with E-state index in [9.17, 15) is 9.59 Å². The average Bonchev–Trinajstić information content (AvgIpc) is 3.16. The SMILES string of the molecule is Cc1ccc(-c2nc(C)c(C(C)NC(=O)c3ccc(-c4ccccc4)[nH]c3=O)s2)cc1. The first-order chi connectivity index (χ1) is 14.9. The highest BCUT2D eigenvalue weighted by Crippen LogP contribution is 2.32. The molecule has 2 aromatic heterocycles. The van der Waals surface area contributed by atoms with E-state index in [0.29, 0.717) is 5.69 Å². The number of thiazole rings is 1. The predicted octanol–water partition coefficient (Wildman–Crippen LogP) is 5.27. The van der Waals surface area contributed by atoms with Gasteiger partial charge < -0.3 is 10.3 Å². The number of nitrogens with zero attached hydrogens (tertiary/aromatic N) is 1. The molecule has 0 radical (unpaired) electrons. The number of rotatable bonds is 5. The number of pyridine rings is 1. The summed E-state index contributed by atoms with van der Waals surface area (Å²) in [4.78, 5) is 33.8. The lowest BCUT2D eigenvalue weighted by Crippen LogP contribution is -2.31. The summed E-state index contributed by atoms with van der Waals surface area (Å²) in [6, 6.07) is 20.8. The zero-order valence-electron chi connectivity index (χ0n) is 17.6. The van der Waals surface area contributed by atoms with Crippen molar-refractivity contribution >= 4 is 17.2 Å². The summed E-state index contributed by atoms with van der Waals surface area (Å²) in [5.74, 6) is -0.405. The molecule has 0 bridgehead atoms. The Labute approximate surface area is 184 Å². The Hall–Kier alpha value is -3.51. The van der Waals surface area contributed by atoms with Crippen molar-refractivity contribution < 1.29 is 4.79 Å². The van der Waals surface area contributed by atoms with Crippen LogP contribution in [0.25, 0.3) is 21.8 Å². The van der Waals surface area contributed by atoms with Gasteiger partial charge >= 0.3 is 0 Å². The van der Waals surface area contributed by atoms with Crippen molar-refractivity contribution in [2.75, 3.05) is 0 Å². The van der Waals surface area contributed by atoms with E-state index < -0.39 is 11.5 Å². The van der Waals surface area contributed by atoms with Crippen LogP contribution >= 0.6 is 11.3 Å². The van der Waals surface area contributed by atoms with Crippen molar-refractivity contribution in [2.24, 2.45) is 0 Å². The summed E-state index contributed by atoms with van der Waals surface area (Å²) in [5.41, 5.74) is 4.37. The largest absolute Gasteiger partial charge is 0.344 e. The average molecular weight is 430 g/mol. The van der Waals surface area contributed by atoms with Crippen LogP contribution in [0.15, 0.2) is 71.5 Å². The highest BCUT2D eigenvalue weighted by Gasteiger charge is 2.19. The van der Waals surface area contributed by atoms with E-state index in [1.165, 1.54) is 5.56 Å². The number of H-pyrrole nitrogens is 1. The molecule has 1 amide bonds. The van der Waals surface area contributed by atoms with E-state index in [1.807, 2.05) is 51.1 Å². The molecule has 2 N–H and O–H groups in total. The molecule has 0 aliphatic rings. The van der Waals surface area contributed by atoms with Gasteiger partial charge in [0.1, 0.15) is 10.6 Å². The monoisotopic (exact) mass is 429 g/mol. The fourth-order valence-electron chi connectivity index (χ4n) is 3.41. The first-order valence-corrected chi connectivity index (χ1v) is 10.9. The fraction of sp³-hybridized carbons (Fsp3) is 0.160. The molecule has 0 aliphatic carbocycles. The zero-order chi connectivity index (χ0) is 22.0. The third-order valence-electron chi connectivity index (χ3n) is 5.11. The number of aromatic nitrogens is 2. The normalized spacial score (nSPS) is 11.8. The predicted molar refractivity (Wildman–Crippen MR) is 125 cm³/mol. The topological polar surface area (TPSA) is 74.8 Å². The minimum Gasteiger partial charge on any atom is -0.344 e. The number of aromatic amines is 1. The Kier molecular flexibility index (Phi) is 5.82. The Morgan fingerprint density at radius 1 is 0.968 bits per heavy atom. The molecular weight excluding hydrogens is 406 g/mol. The van der Waals surface area contributed by atoms with Gasteiger partial charge in [-0.2, -0.15) is 0 Å². The van der Waals surface area contributed by atoms with E-state index >= 15 is 0 Å². The van der Waals surface area contributed by atoms with Crippen molar-refractivity contribution in [1.82, 2.24) is 15.3 Å². The number of hydrogen-bond donors (Lipinski definition) is 2. The lowest BCUT2D eigenvalue weighted by molar-refractivity contribution is 0.0939. The van der Waals surface area contributed by atoms with Gasteiger partial charge in [-0.15, -0.1) is 11.3 Å². The maximum atomic E-state index is 12.8. The second-order valence-corrected chi connectivity index (χ2v) is 8.54. The molecule has 156 valence electrons. The molecule has 6 heteroatoms. The lowest BCUT2D eigenvalue weighted by Gasteiger charge is -2.13. The minimum atomic E-state index is -0.410. The number of carbonyl (C=O) groups is 1. The molecule has 0 fully saturated rings. The molecule has 5 nitrogen and oxygen atoms in total. The number of amides is 1. The maximum Gasteiger partial charge on any atom is 0.261 e. The smallest absolute Gasteiger partial charge is 0.261 e. The van der Waals surface area contributed by atoms with Crippen LogP contribution in [0.3, 0.4) is 0 Å². The van der Waals surface area contributed by atoms with Gasteiger partial charge in [-0.3, -0.25) is 9.59 Å². The number of benzene rings is 2. The summed E-state index contributed by atoms with van der Waals surface area (Å²) >= 11 is 1.56. The summed E-state index contributed by atoms with van der Waals surface area (Å²) in [5, 5.41) is 3.85. The van der Waals surface area contributed by atoms with Crippen molar-refractivity contribution in [3.63, 3.8) is 0 Å². The maximum absolute atomic E-state index is 12.8. The third-order valence-corrected chi connectivity index (χ3v) is 6.50. The van der Waals surface area contributed by atoms with Gasteiger partial charge in [0.2, 0.25) is 0 Å². The van der Waals surface area contributed by atoms with Crippen LogP contribution in [0.1, 0.15) is 39.5 Å². The number of nitrogens with one attached hydrogen (secondary N) is 2. The highest BCUT2D eigenvalue weighted by molar-refractivity contribution is 7.15. The van der Waals surface area contributed by atoms with Gasteiger partial charge in [-0.1, -0.05) is 60.2 Å². The molecule has 0 saturated carbocycles. The number of carbonyl (C=O) groups excluding carboxylic acids is 1. The molecule has 0 spiro atoms. The third kappa shape index (κ3) is 4.49. The van der Waals surface area contributed by atoms with Gasteiger partial charge in [0.25, 0.3) is 11.5 Å². The van der Waals surface area contributed by atoms with Crippen molar-refractivity contribution in [2.45, 2.75) is 26.8 Å². The summed E-state index contributed by atoms with van der Waals surface area (Å²) in [6.07, 6.45) is 0. The van der Waals surface area contributed by atoms with Gasteiger partial charge in [-0.05, 0) is 38.5 Å². The van der Waals surface area contributed by atoms with Crippen LogP contribution in [0.4, 0.5) is 0 Å². The number of aryl methyl sites for hydroxylation is 2. The van der Waals surface area contributed by atoms with Crippen molar-refractivity contribution in [3.05, 3.63) is 98.8 Å². The molecule has 1 unspecified atom stereocenters. The summed E-state index contributed by atoms with van der Waals surface area (Å²) < 4.78 is 0. The van der Waals surface area contributed by atoms with E-state index in [1.54, 1.807) is 23.5 Å². The zero-order valence-corrected chi connectivity index (χ0v) is 18.4. The van der Waals surface area contributed by atoms with Crippen LogP contribution < -0.4 is 10.9 Å². The fourth-order valence-corrected chi connectivity index (χ4v) is 4.48. The molecule has 2 heterocycles. The van der Waals surface area contributed by atoms with Crippen LogP contribution in [0, 0.1) is 13.8 Å². The van der Waals surface area contributed by atoms with Gasteiger partial charge in [-0.25, -0.2) is 4.98 Å². The van der Waals surface area contributed by atoms with E-state index in [0.717, 1.165) is 26.7 Å². The van der Waals surface area contributed by atoms with Crippen molar-refractivity contribution in [3.8, 4) is 21.8 Å². The van der Waals surface area contributed by atoms with Gasteiger partial charge in [0.05, 0.1) is 16.6 Å². The first kappa shape index (κ1) is 20.8. The highest BCUT2D eigenvalue weighted by atomic mass is 32.1. The molecular formula is C25H23N3O2S.